The first-order valence-corrected chi connectivity index (χ1v) is 16.1. The van der Waals surface area contributed by atoms with Crippen LogP contribution >= 0.6 is 11.6 Å². The Labute approximate surface area is 269 Å². The second-order valence-electron chi connectivity index (χ2n) is 13.4. The Morgan fingerprint density at radius 3 is 2.60 bits per heavy atom. The molecule has 1 fully saturated rings. The number of nitrogens with zero attached hydrogens (tertiary/aromatic N) is 4. The van der Waals surface area contributed by atoms with Gasteiger partial charge in [0, 0.05) is 41.0 Å². The number of allylic oxidation sites excluding steroid dienone is 2. The van der Waals surface area contributed by atoms with Gasteiger partial charge in [-0.05, 0) is 88.6 Å². The average molecular weight is 629 g/mol. The molecule has 2 aromatic carbocycles. The Hall–Kier alpha value is -3.88. The predicted octanol–water partition coefficient (Wildman–Crippen LogP) is 8.30. The highest BCUT2D eigenvalue weighted by Crippen LogP contribution is 2.41. The molecular weight excluding hydrogens is 588 g/mol. The molecule has 5 heterocycles. The van der Waals surface area contributed by atoms with E-state index >= 15 is 0 Å². The zero-order chi connectivity index (χ0) is 31.9. The number of carboxylic acids is 1. The van der Waals surface area contributed by atoms with Gasteiger partial charge in [-0.3, -0.25) is 0 Å². The summed E-state index contributed by atoms with van der Waals surface area (Å²) in [5.41, 5.74) is 4.68. The molecule has 1 atom stereocenters. The van der Waals surface area contributed by atoms with Crippen molar-refractivity contribution in [2.45, 2.75) is 72.0 Å². The van der Waals surface area contributed by atoms with Crippen LogP contribution in [0.1, 0.15) is 70.7 Å². The molecule has 0 unspecified atom stereocenters. The third-order valence-electron chi connectivity index (χ3n) is 8.67. The van der Waals surface area contributed by atoms with Gasteiger partial charge in [0.05, 0.1) is 23.5 Å². The fourth-order valence-electron chi connectivity index (χ4n) is 6.30. The third kappa shape index (κ3) is 6.58. The van der Waals surface area contributed by atoms with Crippen molar-refractivity contribution >= 4 is 29.0 Å². The predicted molar refractivity (Wildman–Crippen MR) is 178 cm³/mol. The second-order valence-corrected chi connectivity index (χ2v) is 13.9. The van der Waals surface area contributed by atoms with Crippen LogP contribution in [0.4, 0.5) is 5.82 Å². The van der Waals surface area contributed by atoms with Crippen molar-refractivity contribution in [3.8, 4) is 28.1 Å². The van der Waals surface area contributed by atoms with E-state index in [1.165, 1.54) is 0 Å². The van der Waals surface area contributed by atoms with E-state index < -0.39 is 17.7 Å². The minimum Gasteiger partial charge on any atom is -0.493 e. The van der Waals surface area contributed by atoms with Crippen molar-refractivity contribution in [1.29, 1.82) is 0 Å². The number of anilines is 1. The van der Waals surface area contributed by atoms with Gasteiger partial charge in [0.2, 0.25) is 0 Å². The molecule has 3 aliphatic heterocycles. The molecule has 6 bridgehead atoms. The topological polar surface area (TPSA) is 89.2 Å². The number of rotatable bonds is 3. The molecule has 0 saturated carbocycles. The smallest absolute Gasteiger partial charge is 0.337 e. The normalized spacial score (nSPS) is 18.0. The van der Waals surface area contributed by atoms with Crippen LogP contribution in [0.25, 0.3) is 28.0 Å². The molecule has 0 aliphatic carbocycles. The fourth-order valence-corrected chi connectivity index (χ4v) is 6.47. The maximum atomic E-state index is 12.8. The van der Waals surface area contributed by atoms with Crippen LogP contribution in [0.15, 0.2) is 60.7 Å². The summed E-state index contributed by atoms with van der Waals surface area (Å²) in [4.78, 5) is 19.9. The maximum absolute atomic E-state index is 12.8. The molecule has 3 aliphatic rings. The Morgan fingerprint density at radius 2 is 1.87 bits per heavy atom. The number of hydrogen-bond donors (Lipinski definition) is 1. The minimum absolute atomic E-state index is 0.0352. The lowest BCUT2D eigenvalue weighted by Gasteiger charge is -2.40. The van der Waals surface area contributed by atoms with Gasteiger partial charge < -0.3 is 19.5 Å². The second kappa shape index (κ2) is 12.1. The Morgan fingerprint density at radius 1 is 1.11 bits per heavy atom. The van der Waals surface area contributed by atoms with Crippen LogP contribution in [0.3, 0.4) is 0 Å². The van der Waals surface area contributed by atoms with Gasteiger partial charge in [-0.2, -0.15) is 9.61 Å². The van der Waals surface area contributed by atoms with Gasteiger partial charge in [-0.1, -0.05) is 48.9 Å². The van der Waals surface area contributed by atoms with Crippen molar-refractivity contribution in [3.63, 3.8) is 0 Å². The number of halogens is 1. The molecule has 0 amide bonds. The van der Waals surface area contributed by atoms with E-state index in [4.69, 9.17) is 31.2 Å². The first kappa shape index (κ1) is 31.1. The van der Waals surface area contributed by atoms with Gasteiger partial charge in [-0.15, -0.1) is 0 Å². The van der Waals surface area contributed by atoms with Crippen molar-refractivity contribution in [3.05, 3.63) is 77.0 Å². The first-order chi connectivity index (χ1) is 21.4. The molecule has 1 N–H and O–H groups in total. The molecule has 0 radical (unpaired) electrons. The summed E-state index contributed by atoms with van der Waals surface area (Å²) in [6, 6.07) is 15.8. The van der Waals surface area contributed by atoms with Crippen molar-refractivity contribution in [2.24, 2.45) is 5.41 Å². The molecule has 0 spiro atoms. The Bertz CT molecular complexity index is 1760. The summed E-state index contributed by atoms with van der Waals surface area (Å²) in [5, 5.41) is 16.2. The van der Waals surface area contributed by atoms with Crippen LogP contribution in [-0.4, -0.2) is 51.0 Å². The van der Waals surface area contributed by atoms with Gasteiger partial charge >= 0.3 is 5.97 Å². The van der Waals surface area contributed by atoms with Crippen LogP contribution in [0.5, 0.6) is 5.75 Å². The largest absolute Gasteiger partial charge is 0.493 e. The summed E-state index contributed by atoms with van der Waals surface area (Å²) in [6.07, 6.45) is 7.09. The minimum atomic E-state index is -1.20. The van der Waals surface area contributed by atoms with E-state index in [2.05, 4.69) is 30.0 Å². The summed E-state index contributed by atoms with van der Waals surface area (Å²) >= 11 is 6.45. The van der Waals surface area contributed by atoms with E-state index in [1.807, 2.05) is 74.7 Å². The number of piperidine rings is 1. The molecule has 1 saturated heterocycles. The molecule has 9 heteroatoms. The maximum Gasteiger partial charge on any atom is 0.337 e. The highest BCUT2D eigenvalue weighted by molar-refractivity contribution is 6.31. The number of aromatic nitrogens is 3. The number of carbonyl (C=O) groups is 1. The van der Waals surface area contributed by atoms with E-state index in [1.54, 1.807) is 0 Å². The molecule has 2 aromatic heterocycles. The highest BCUT2D eigenvalue weighted by atomic mass is 35.5. The number of ether oxygens (including phenoxy) is 2. The molecule has 8 nitrogen and oxygen atoms in total. The molecule has 4 aromatic rings. The van der Waals surface area contributed by atoms with E-state index in [0.717, 1.165) is 72.7 Å². The number of aryl methyl sites for hydroxylation is 1. The average Bonchev–Trinajstić information content (AvgIpc) is 3.41. The van der Waals surface area contributed by atoms with Gasteiger partial charge in [0.1, 0.15) is 11.6 Å². The van der Waals surface area contributed by atoms with Crippen molar-refractivity contribution in [1.82, 2.24) is 14.6 Å². The molecule has 45 heavy (non-hydrogen) atoms. The van der Waals surface area contributed by atoms with Crippen LogP contribution in [0.2, 0.25) is 5.02 Å². The molecule has 7 rings (SSSR count). The van der Waals surface area contributed by atoms with Gasteiger partial charge in [-0.25, -0.2) is 9.78 Å². The number of fused-ring (bicyclic) bond motifs is 6. The summed E-state index contributed by atoms with van der Waals surface area (Å²) < 4.78 is 14.3. The number of aliphatic carboxylic acids is 1. The third-order valence-corrected chi connectivity index (χ3v) is 8.91. The monoisotopic (exact) mass is 628 g/mol. The molecular formula is C36H41ClN4O4. The summed E-state index contributed by atoms with van der Waals surface area (Å²) in [6.45, 7) is 11.9. The van der Waals surface area contributed by atoms with Crippen LogP contribution < -0.4 is 9.64 Å². The lowest BCUT2D eigenvalue weighted by Crippen LogP contribution is -2.40. The standard InChI is InChI=1S/C36H41ClN4O4/c1-23-31(32(34(42)43)45-35(2,3)4)33-40-17-15-36(5,16-18-40)14-7-6-8-19-44-29-13-12-26(37)21-27(29)24-10-9-11-25(20-24)28-22-30(38-23)41(33)39-28/h7,9-14,20-22,32H,6,8,15-19H2,1-5H3,(H,42,43)/b14-7+/t32-/m0/s1. The van der Waals surface area contributed by atoms with Crippen molar-refractivity contribution in [2.75, 3.05) is 24.6 Å². The summed E-state index contributed by atoms with van der Waals surface area (Å²) in [7, 11) is 0. The lowest BCUT2D eigenvalue weighted by atomic mass is 9.80. The first-order valence-electron chi connectivity index (χ1n) is 15.7. The summed E-state index contributed by atoms with van der Waals surface area (Å²) in [5.74, 6) is 0.464. The SMILES string of the molecule is Cc1nc2cc3nn2c(c1[C@H](OC(C)(C)C)C(=O)O)N1CCC(C)(/C=C/CCCOc2ccc(Cl)cc2-c2cccc-3c2)CC1. The number of hydrogen-bond acceptors (Lipinski definition) is 6. The van der Waals surface area contributed by atoms with Crippen LogP contribution in [-0.2, 0) is 9.53 Å². The van der Waals surface area contributed by atoms with Gasteiger partial charge in [0.25, 0.3) is 0 Å². The Balaban J connectivity index is 1.56. The number of carboxylic acid groups (broad SMARTS) is 1. The lowest BCUT2D eigenvalue weighted by molar-refractivity contribution is -0.160. The highest BCUT2D eigenvalue weighted by Gasteiger charge is 2.37. The van der Waals surface area contributed by atoms with Gasteiger partial charge in [0.15, 0.2) is 11.8 Å². The fraction of sp³-hybridized carbons (Fsp3) is 0.417. The van der Waals surface area contributed by atoms with E-state index in [0.29, 0.717) is 28.5 Å². The quantitative estimate of drug-likeness (QED) is 0.228. The van der Waals surface area contributed by atoms with E-state index in [9.17, 15) is 9.90 Å². The zero-order valence-corrected chi connectivity index (χ0v) is 27.4. The van der Waals surface area contributed by atoms with Crippen molar-refractivity contribution < 1.29 is 19.4 Å². The van der Waals surface area contributed by atoms with E-state index in [-0.39, 0.29) is 5.41 Å². The molecule has 236 valence electrons. The zero-order valence-electron chi connectivity index (χ0n) is 26.6. The number of benzene rings is 2. The van der Waals surface area contributed by atoms with Crippen LogP contribution in [0, 0.1) is 12.3 Å². The Kier molecular flexibility index (Phi) is 8.39.